The Bertz CT molecular complexity index is 688. The van der Waals surface area contributed by atoms with Crippen molar-refractivity contribution in [1.29, 1.82) is 0 Å². The molecule has 4 nitrogen and oxygen atoms in total. The van der Waals surface area contributed by atoms with Gasteiger partial charge in [-0.2, -0.15) is 0 Å². The normalized spacial score (nSPS) is 11.7. The minimum Gasteiger partial charge on any atom is -0.492 e. The molecule has 0 bridgehead atoms. The fourth-order valence-corrected chi connectivity index (χ4v) is 2.27. The summed E-state index contributed by atoms with van der Waals surface area (Å²) in [5.41, 5.74) is 2.47. The fourth-order valence-electron chi connectivity index (χ4n) is 2.09. The van der Waals surface area contributed by atoms with Crippen molar-refractivity contribution in [2.75, 3.05) is 17.2 Å². The van der Waals surface area contributed by atoms with Crippen LogP contribution in [0.15, 0.2) is 42.5 Å². The summed E-state index contributed by atoms with van der Waals surface area (Å²) in [6.45, 7) is 6.19. The van der Waals surface area contributed by atoms with Crippen LogP contribution >= 0.6 is 11.6 Å². The maximum Gasteiger partial charge on any atom is 0.246 e. The number of para-hydroxylation sites is 2. The lowest BCUT2D eigenvalue weighted by atomic mass is 10.2. The van der Waals surface area contributed by atoms with E-state index in [9.17, 15) is 4.79 Å². The van der Waals surface area contributed by atoms with Gasteiger partial charge in [-0.25, -0.2) is 0 Å². The van der Waals surface area contributed by atoms with E-state index in [1.807, 2.05) is 56.3 Å². The average Bonchev–Trinajstić information content (AvgIpc) is 2.53. The molecule has 1 amide bonds. The molecule has 2 N–H and O–H groups in total. The molecule has 122 valence electrons. The van der Waals surface area contributed by atoms with E-state index >= 15 is 0 Å². The predicted molar refractivity (Wildman–Crippen MR) is 95.5 cm³/mol. The third-order valence-corrected chi connectivity index (χ3v) is 3.80. The van der Waals surface area contributed by atoms with Crippen LogP contribution in [0.5, 0.6) is 5.75 Å². The van der Waals surface area contributed by atoms with E-state index in [-0.39, 0.29) is 5.91 Å². The third-order valence-electron chi connectivity index (χ3n) is 3.39. The summed E-state index contributed by atoms with van der Waals surface area (Å²) in [5, 5.41) is 6.70. The zero-order valence-corrected chi connectivity index (χ0v) is 14.3. The van der Waals surface area contributed by atoms with Crippen LogP contribution in [0.2, 0.25) is 5.02 Å². The summed E-state index contributed by atoms with van der Waals surface area (Å²) in [4.78, 5) is 12.4. The molecule has 0 aromatic heterocycles. The highest BCUT2D eigenvalue weighted by Gasteiger charge is 2.15. The number of ether oxygens (including phenoxy) is 1. The number of carbonyl (C=O) groups excluding carboxylic acids is 1. The number of anilines is 2. The topological polar surface area (TPSA) is 50.4 Å². The molecular weight excluding hydrogens is 312 g/mol. The molecule has 0 aliphatic carbocycles. The second-order valence-corrected chi connectivity index (χ2v) is 5.66. The molecule has 0 saturated carbocycles. The van der Waals surface area contributed by atoms with E-state index in [1.165, 1.54) is 0 Å². The summed E-state index contributed by atoms with van der Waals surface area (Å²) in [6, 6.07) is 12.6. The number of nitrogens with one attached hydrogen (secondary N) is 2. The first-order valence-electron chi connectivity index (χ1n) is 7.56. The first-order chi connectivity index (χ1) is 11.0. The lowest BCUT2D eigenvalue weighted by Crippen LogP contribution is -2.32. The number of aryl methyl sites for hydroxylation is 1. The number of hydrogen-bond acceptors (Lipinski definition) is 3. The highest BCUT2D eigenvalue weighted by Crippen LogP contribution is 2.24. The van der Waals surface area contributed by atoms with Crippen molar-refractivity contribution in [2.45, 2.75) is 26.8 Å². The maximum atomic E-state index is 12.4. The molecule has 0 aliphatic heterocycles. The van der Waals surface area contributed by atoms with Crippen LogP contribution in [0.4, 0.5) is 11.4 Å². The van der Waals surface area contributed by atoms with Crippen molar-refractivity contribution in [3.8, 4) is 5.75 Å². The van der Waals surface area contributed by atoms with Gasteiger partial charge in [-0.3, -0.25) is 4.79 Å². The van der Waals surface area contributed by atoms with Crippen molar-refractivity contribution < 1.29 is 9.53 Å². The molecule has 0 saturated heterocycles. The zero-order valence-electron chi connectivity index (χ0n) is 13.5. The van der Waals surface area contributed by atoms with Gasteiger partial charge in [-0.15, -0.1) is 0 Å². The predicted octanol–water partition coefficient (Wildman–Crippen LogP) is 4.49. The Morgan fingerprint density at radius 2 is 2.00 bits per heavy atom. The third kappa shape index (κ3) is 4.63. The van der Waals surface area contributed by atoms with Crippen molar-refractivity contribution in [2.24, 2.45) is 0 Å². The van der Waals surface area contributed by atoms with Crippen LogP contribution in [0, 0.1) is 6.92 Å². The van der Waals surface area contributed by atoms with Gasteiger partial charge in [0.05, 0.1) is 12.3 Å². The Labute approximate surface area is 141 Å². The number of rotatable bonds is 6. The Kier molecular flexibility index (Phi) is 5.88. The zero-order chi connectivity index (χ0) is 16.8. The van der Waals surface area contributed by atoms with Crippen molar-refractivity contribution in [1.82, 2.24) is 0 Å². The van der Waals surface area contributed by atoms with Crippen molar-refractivity contribution in [3.63, 3.8) is 0 Å². The smallest absolute Gasteiger partial charge is 0.246 e. The van der Waals surface area contributed by atoms with E-state index in [4.69, 9.17) is 16.3 Å². The molecule has 0 heterocycles. The maximum absolute atomic E-state index is 12.4. The second-order valence-electron chi connectivity index (χ2n) is 5.25. The molecule has 1 unspecified atom stereocenters. The van der Waals surface area contributed by atoms with Crippen LogP contribution in [-0.2, 0) is 4.79 Å². The molecule has 0 fully saturated rings. The minimum absolute atomic E-state index is 0.145. The van der Waals surface area contributed by atoms with Gasteiger partial charge in [0, 0.05) is 10.7 Å². The SMILES string of the molecule is CCOc1ccccc1NC(=O)C(C)Nc1ccc(C)c(Cl)c1. The van der Waals surface area contributed by atoms with E-state index in [0.717, 1.165) is 11.3 Å². The number of amides is 1. The summed E-state index contributed by atoms with van der Waals surface area (Å²) < 4.78 is 5.51. The van der Waals surface area contributed by atoms with Crippen molar-refractivity contribution in [3.05, 3.63) is 53.1 Å². The van der Waals surface area contributed by atoms with Crippen LogP contribution in [0.25, 0.3) is 0 Å². The van der Waals surface area contributed by atoms with Gasteiger partial charge in [-0.05, 0) is 50.6 Å². The Morgan fingerprint density at radius 1 is 1.26 bits per heavy atom. The van der Waals surface area contributed by atoms with Crippen molar-refractivity contribution >= 4 is 28.9 Å². The lowest BCUT2D eigenvalue weighted by Gasteiger charge is -2.17. The fraction of sp³-hybridized carbons (Fsp3) is 0.278. The lowest BCUT2D eigenvalue weighted by molar-refractivity contribution is -0.116. The summed E-state index contributed by atoms with van der Waals surface area (Å²) >= 11 is 6.11. The number of halogens is 1. The first kappa shape index (κ1) is 17.2. The summed E-state index contributed by atoms with van der Waals surface area (Å²) in [6.07, 6.45) is 0. The largest absolute Gasteiger partial charge is 0.492 e. The Balaban J connectivity index is 2.04. The molecule has 23 heavy (non-hydrogen) atoms. The van der Waals surface area contributed by atoms with Crippen LogP contribution < -0.4 is 15.4 Å². The quantitative estimate of drug-likeness (QED) is 0.819. The van der Waals surface area contributed by atoms with Gasteiger partial charge in [0.25, 0.3) is 0 Å². The molecular formula is C18H21ClN2O2. The van der Waals surface area contributed by atoms with E-state index < -0.39 is 6.04 Å². The summed E-state index contributed by atoms with van der Waals surface area (Å²) in [5.74, 6) is 0.516. The standard InChI is InChI=1S/C18H21ClN2O2/c1-4-23-17-8-6-5-7-16(17)21-18(22)13(3)20-14-10-9-12(2)15(19)11-14/h5-11,13,20H,4H2,1-3H3,(H,21,22). The highest BCUT2D eigenvalue weighted by molar-refractivity contribution is 6.31. The molecule has 0 spiro atoms. The number of benzene rings is 2. The van der Waals surface area contributed by atoms with Gasteiger partial charge in [0.15, 0.2) is 0 Å². The Hall–Kier alpha value is -2.20. The van der Waals surface area contributed by atoms with Gasteiger partial charge < -0.3 is 15.4 Å². The molecule has 0 aliphatic rings. The van der Waals surface area contributed by atoms with Crippen LogP contribution in [0.3, 0.4) is 0 Å². The first-order valence-corrected chi connectivity index (χ1v) is 7.94. The van der Waals surface area contributed by atoms with E-state index in [1.54, 1.807) is 6.92 Å². The highest BCUT2D eigenvalue weighted by atomic mass is 35.5. The van der Waals surface area contributed by atoms with Gasteiger partial charge in [-0.1, -0.05) is 29.8 Å². The second kappa shape index (κ2) is 7.88. The molecule has 0 radical (unpaired) electrons. The van der Waals surface area contributed by atoms with Gasteiger partial charge in [0.1, 0.15) is 11.8 Å². The van der Waals surface area contributed by atoms with Crippen LogP contribution in [0.1, 0.15) is 19.4 Å². The number of hydrogen-bond donors (Lipinski definition) is 2. The molecule has 2 rings (SSSR count). The van der Waals surface area contributed by atoms with Gasteiger partial charge >= 0.3 is 0 Å². The Morgan fingerprint density at radius 3 is 2.70 bits per heavy atom. The monoisotopic (exact) mass is 332 g/mol. The average molecular weight is 333 g/mol. The van der Waals surface area contributed by atoms with E-state index in [2.05, 4.69) is 10.6 Å². The molecule has 2 aromatic carbocycles. The van der Waals surface area contributed by atoms with E-state index in [0.29, 0.717) is 23.1 Å². The summed E-state index contributed by atoms with van der Waals surface area (Å²) in [7, 11) is 0. The molecule has 5 heteroatoms. The molecule has 1 atom stereocenters. The van der Waals surface area contributed by atoms with Gasteiger partial charge in [0.2, 0.25) is 5.91 Å². The number of carbonyl (C=O) groups is 1. The van der Waals surface area contributed by atoms with Crippen LogP contribution in [-0.4, -0.2) is 18.6 Å². The minimum atomic E-state index is -0.413. The molecule has 2 aromatic rings.